The highest BCUT2D eigenvalue weighted by Gasteiger charge is 2.58. The van der Waals surface area contributed by atoms with E-state index in [9.17, 15) is 9.59 Å². The molecule has 200 valence electrons. The Morgan fingerprint density at radius 1 is 1.13 bits per heavy atom. The van der Waals surface area contributed by atoms with Gasteiger partial charge in [-0.25, -0.2) is 0 Å². The molecule has 6 rings (SSSR count). The summed E-state index contributed by atoms with van der Waals surface area (Å²) >= 11 is 0. The first kappa shape index (κ1) is 25.4. The van der Waals surface area contributed by atoms with Gasteiger partial charge in [0, 0.05) is 24.9 Å². The van der Waals surface area contributed by atoms with Crippen molar-refractivity contribution in [1.29, 1.82) is 0 Å². The highest BCUT2D eigenvalue weighted by molar-refractivity contribution is 5.88. The molecular weight excluding hydrogens is 474 g/mol. The lowest BCUT2D eigenvalue weighted by Crippen LogP contribution is -2.44. The van der Waals surface area contributed by atoms with Crippen LogP contribution in [0.5, 0.6) is 5.75 Å². The van der Waals surface area contributed by atoms with E-state index in [1.54, 1.807) is 6.08 Å². The van der Waals surface area contributed by atoms with Crippen molar-refractivity contribution in [2.75, 3.05) is 26.3 Å². The summed E-state index contributed by atoms with van der Waals surface area (Å²) in [6.07, 6.45) is 9.45. The highest BCUT2D eigenvalue weighted by atomic mass is 16.5. The van der Waals surface area contributed by atoms with Crippen LogP contribution in [0.1, 0.15) is 61.6 Å². The molecule has 1 heterocycles. The molecule has 3 aliphatic carbocycles. The molecule has 1 amide bonds. The first-order valence-electron chi connectivity index (χ1n) is 14.4. The minimum atomic E-state index is -0.218. The van der Waals surface area contributed by atoms with Gasteiger partial charge in [0.1, 0.15) is 18.1 Å². The lowest BCUT2D eigenvalue weighted by atomic mass is 9.54. The fraction of sp³-hybridized carbons (Fsp3) is 0.515. The number of carbonyl (C=O) groups excluding carboxylic acids is 2. The van der Waals surface area contributed by atoms with E-state index in [-0.39, 0.29) is 11.3 Å². The van der Waals surface area contributed by atoms with Crippen LogP contribution in [0.25, 0.3) is 0 Å². The fourth-order valence-electron chi connectivity index (χ4n) is 7.90. The van der Waals surface area contributed by atoms with Crippen molar-refractivity contribution >= 4 is 11.7 Å². The lowest BCUT2D eigenvalue weighted by Gasteiger charge is -2.50. The van der Waals surface area contributed by atoms with E-state index in [2.05, 4.69) is 37.3 Å². The normalized spacial score (nSPS) is 30.6. The fourth-order valence-corrected chi connectivity index (χ4v) is 7.90. The second-order valence-corrected chi connectivity index (χ2v) is 11.9. The number of ketones is 1. The molecule has 0 unspecified atom stereocenters. The summed E-state index contributed by atoms with van der Waals surface area (Å²) in [5, 5.41) is 0. The maximum Gasteiger partial charge on any atom is 0.246 e. The van der Waals surface area contributed by atoms with Crippen molar-refractivity contribution in [3.8, 4) is 5.75 Å². The third-order valence-electron chi connectivity index (χ3n) is 9.81. The molecule has 1 aliphatic heterocycles. The van der Waals surface area contributed by atoms with Gasteiger partial charge in [0.05, 0.1) is 13.2 Å². The number of ether oxygens (including phenoxy) is 2. The number of aryl methyl sites for hydroxylation is 1. The van der Waals surface area contributed by atoms with Crippen molar-refractivity contribution in [2.24, 2.45) is 23.2 Å². The van der Waals surface area contributed by atoms with Crippen LogP contribution < -0.4 is 4.74 Å². The minimum absolute atomic E-state index is 0.0683. The van der Waals surface area contributed by atoms with Gasteiger partial charge in [-0.15, -0.1) is 0 Å². The largest absolute Gasteiger partial charge is 0.489 e. The van der Waals surface area contributed by atoms with Crippen LogP contribution in [0.15, 0.2) is 60.7 Å². The number of nitrogens with zero attached hydrogens (tertiary/aromatic N) is 1. The average molecular weight is 514 g/mol. The van der Waals surface area contributed by atoms with Gasteiger partial charge < -0.3 is 14.4 Å². The third-order valence-corrected chi connectivity index (χ3v) is 9.81. The summed E-state index contributed by atoms with van der Waals surface area (Å²) in [5.74, 6) is 3.19. The Kier molecular flexibility index (Phi) is 7.13. The van der Waals surface area contributed by atoms with Crippen molar-refractivity contribution in [1.82, 2.24) is 4.90 Å². The quantitative estimate of drug-likeness (QED) is 0.464. The van der Waals surface area contributed by atoms with Gasteiger partial charge in [0.25, 0.3) is 0 Å². The molecule has 2 aromatic carbocycles. The Labute approximate surface area is 226 Å². The maximum absolute atomic E-state index is 13.3. The van der Waals surface area contributed by atoms with E-state index in [0.29, 0.717) is 68.8 Å². The van der Waals surface area contributed by atoms with E-state index in [1.165, 1.54) is 16.7 Å². The first-order chi connectivity index (χ1) is 18.5. The average Bonchev–Trinajstić information content (AvgIpc) is 3.22. The van der Waals surface area contributed by atoms with E-state index >= 15 is 0 Å². The molecule has 38 heavy (non-hydrogen) atoms. The smallest absolute Gasteiger partial charge is 0.246 e. The Hall–Kier alpha value is -2.92. The van der Waals surface area contributed by atoms with E-state index in [1.807, 2.05) is 29.2 Å². The second kappa shape index (κ2) is 10.7. The maximum atomic E-state index is 13.3. The van der Waals surface area contributed by atoms with Crippen LogP contribution in [0, 0.1) is 23.2 Å². The Morgan fingerprint density at radius 3 is 2.76 bits per heavy atom. The van der Waals surface area contributed by atoms with Gasteiger partial charge in [-0.3, -0.25) is 9.59 Å². The molecule has 5 atom stereocenters. The van der Waals surface area contributed by atoms with Crippen LogP contribution in [-0.2, 0) is 27.4 Å². The highest BCUT2D eigenvalue weighted by Crippen LogP contribution is 2.62. The molecule has 5 heteroatoms. The standard InChI is InChI=1S/C33H39NO4/c1-33-15-14-28-27-13-11-26(38-22-23-6-3-2-4-7-23)20-24(27)10-12-29(28)32(33)25(21-30(33)35)8-5-9-31(36)34-16-18-37-19-17-34/h2-7,9,11,13,20,25,28-29,32H,8,10,12,14-19,21-22H2,1H3/b9-5+/t25-,28+,29+,32-,33+/m0/s1. The lowest BCUT2D eigenvalue weighted by molar-refractivity contribution is -0.130. The van der Waals surface area contributed by atoms with Gasteiger partial charge in [-0.05, 0) is 90.7 Å². The summed E-state index contributed by atoms with van der Waals surface area (Å²) in [6, 6.07) is 17.0. The van der Waals surface area contributed by atoms with Crippen LogP contribution in [0.3, 0.4) is 0 Å². The number of rotatable bonds is 6. The Bertz CT molecular complexity index is 1200. The van der Waals surface area contributed by atoms with Gasteiger partial charge in [-0.1, -0.05) is 49.4 Å². The monoisotopic (exact) mass is 513 g/mol. The van der Waals surface area contributed by atoms with Crippen molar-refractivity contribution < 1.29 is 19.1 Å². The number of benzene rings is 2. The molecule has 0 bridgehead atoms. The Balaban J connectivity index is 1.16. The minimum Gasteiger partial charge on any atom is -0.489 e. The summed E-state index contributed by atoms with van der Waals surface area (Å²) in [5.41, 5.74) is 3.84. The van der Waals surface area contributed by atoms with Crippen LogP contribution >= 0.6 is 0 Å². The van der Waals surface area contributed by atoms with Gasteiger partial charge in [0.2, 0.25) is 5.91 Å². The number of hydrogen-bond donors (Lipinski definition) is 0. The van der Waals surface area contributed by atoms with Crippen LogP contribution in [-0.4, -0.2) is 42.9 Å². The molecule has 4 aliphatic rings. The number of morpholine rings is 1. The summed E-state index contributed by atoms with van der Waals surface area (Å²) < 4.78 is 11.5. The molecule has 5 nitrogen and oxygen atoms in total. The topological polar surface area (TPSA) is 55.8 Å². The molecule has 0 spiro atoms. The molecule has 2 aromatic rings. The first-order valence-corrected chi connectivity index (χ1v) is 14.4. The van der Waals surface area contributed by atoms with Crippen LogP contribution in [0.4, 0.5) is 0 Å². The van der Waals surface area contributed by atoms with Crippen molar-refractivity contribution in [3.63, 3.8) is 0 Å². The summed E-state index contributed by atoms with van der Waals surface area (Å²) in [4.78, 5) is 27.8. The number of carbonyl (C=O) groups is 2. The summed E-state index contributed by atoms with van der Waals surface area (Å²) in [6.45, 7) is 5.36. The van der Waals surface area contributed by atoms with Crippen molar-refractivity contribution in [3.05, 3.63) is 77.4 Å². The van der Waals surface area contributed by atoms with Gasteiger partial charge in [0.15, 0.2) is 0 Å². The van der Waals surface area contributed by atoms with E-state index in [0.717, 1.165) is 37.9 Å². The third kappa shape index (κ3) is 4.82. The molecule has 2 saturated carbocycles. The predicted octanol–water partition coefficient (Wildman–Crippen LogP) is 5.72. The number of fused-ring (bicyclic) bond motifs is 5. The molecule has 1 saturated heterocycles. The van der Waals surface area contributed by atoms with Crippen molar-refractivity contribution in [2.45, 2.75) is 58.0 Å². The van der Waals surface area contributed by atoms with E-state index < -0.39 is 0 Å². The summed E-state index contributed by atoms with van der Waals surface area (Å²) in [7, 11) is 0. The molecule has 0 aromatic heterocycles. The SMILES string of the molecule is C[C@]12CC[C@@H]3c4ccc(OCc5ccccc5)cc4CC[C@H]3[C@@H]1[C@@H](C/C=C/C(=O)N1CCOCC1)CC2=O. The van der Waals surface area contributed by atoms with Gasteiger partial charge in [-0.2, -0.15) is 0 Å². The van der Waals surface area contributed by atoms with Crippen LogP contribution in [0.2, 0.25) is 0 Å². The molecule has 3 fully saturated rings. The number of amides is 1. The number of Topliss-reactive ketones (excluding diaryl/α,β-unsaturated/α-hetero) is 1. The zero-order valence-electron chi connectivity index (χ0n) is 22.4. The zero-order chi connectivity index (χ0) is 26.1. The second-order valence-electron chi connectivity index (χ2n) is 11.9. The predicted molar refractivity (Wildman–Crippen MR) is 147 cm³/mol. The molecule has 0 radical (unpaired) electrons. The number of allylic oxidation sites excluding steroid dienone is 1. The molecular formula is C33H39NO4. The number of hydrogen-bond acceptors (Lipinski definition) is 4. The molecule has 0 N–H and O–H groups in total. The van der Waals surface area contributed by atoms with E-state index in [4.69, 9.17) is 9.47 Å². The van der Waals surface area contributed by atoms with Gasteiger partial charge >= 0.3 is 0 Å². The zero-order valence-corrected chi connectivity index (χ0v) is 22.4. The Morgan fingerprint density at radius 2 is 1.95 bits per heavy atom.